The lowest BCUT2D eigenvalue weighted by atomic mass is 10.1. The summed E-state index contributed by atoms with van der Waals surface area (Å²) in [7, 11) is 0. The van der Waals surface area contributed by atoms with Gasteiger partial charge in [-0.3, -0.25) is 4.98 Å². The fraction of sp³-hybridized carbons (Fsp3) is 0.200. The zero-order valence-corrected chi connectivity index (χ0v) is 11.7. The zero-order chi connectivity index (χ0) is 14.1. The van der Waals surface area contributed by atoms with Crippen molar-refractivity contribution in [3.63, 3.8) is 0 Å². The molecule has 2 aromatic heterocycles. The summed E-state index contributed by atoms with van der Waals surface area (Å²) >= 11 is 5.96. The van der Waals surface area contributed by atoms with Crippen LogP contribution in [0.5, 0.6) is 0 Å². The summed E-state index contributed by atoms with van der Waals surface area (Å²) < 4.78 is 15.3. The number of aromatic nitrogens is 3. The van der Waals surface area contributed by atoms with Gasteiger partial charge in [0.25, 0.3) is 0 Å². The number of imidazole rings is 1. The van der Waals surface area contributed by atoms with Gasteiger partial charge in [0.2, 0.25) is 0 Å². The summed E-state index contributed by atoms with van der Waals surface area (Å²) in [5, 5.41) is 0. The van der Waals surface area contributed by atoms with E-state index in [4.69, 9.17) is 11.6 Å². The molecule has 0 spiro atoms. The standard InChI is InChI=1S/C15H13ClFN3/c1-10-8-18-5-4-11(10)9-20-14-3-2-12(17)6-13(14)19-15(20)7-16/h2-6,8H,7,9H2,1H3. The molecule has 0 fully saturated rings. The molecule has 0 amide bonds. The number of nitrogens with zero attached hydrogens (tertiary/aromatic N) is 3. The Balaban J connectivity index is 2.12. The van der Waals surface area contributed by atoms with Crippen molar-refractivity contribution < 1.29 is 4.39 Å². The summed E-state index contributed by atoms with van der Waals surface area (Å²) in [5.74, 6) is 0.743. The summed E-state index contributed by atoms with van der Waals surface area (Å²) in [6.45, 7) is 2.67. The van der Waals surface area contributed by atoms with Gasteiger partial charge in [-0.15, -0.1) is 11.6 Å². The summed E-state index contributed by atoms with van der Waals surface area (Å²) in [4.78, 5) is 8.48. The van der Waals surface area contributed by atoms with Gasteiger partial charge in [-0.2, -0.15) is 0 Å². The van der Waals surface area contributed by atoms with E-state index in [1.54, 1.807) is 12.3 Å². The topological polar surface area (TPSA) is 30.7 Å². The van der Waals surface area contributed by atoms with E-state index in [1.807, 2.05) is 23.8 Å². The van der Waals surface area contributed by atoms with Crippen molar-refractivity contribution in [2.75, 3.05) is 0 Å². The highest BCUT2D eigenvalue weighted by Crippen LogP contribution is 2.21. The van der Waals surface area contributed by atoms with E-state index in [1.165, 1.54) is 12.1 Å². The fourth-order valence-electron chi connectivity index (χ4n) is 2.28. The molecule has 3 rings (SSSR count). The molecule has 0 unspecified atom stereocenters. The molecule has 0 radical (unpaired) electrons. The summed E-state index contributed by atoms with van der Waals surface area (Å²) in [5.41, 5.74) is 3.78. The van der Waals surface area contributed by atoms with Gasteiger partial charge >= 0.3 is 0 Å². The Labute approximate surface area is 121 Å². The third kappa shape index (κ3) is 2.27. The smallest absolute Gasteiger partial charge is 0.125 e. The van der Waals surface area contributed by atoms with Gasteiger partial charge in [0.1, 0.15) is 11.6 Å². The minimum atomic E-state index is -0.289. The Kier molecular flexibility index (Phi) is 3.40. The first-order valence-corrected chi connectivity index (χ1v) is 6.82. The molecular formula is C15H13ClFN3. The molecule has 0 N–H and O–H groups in total. The highest BCUT2D eigenvalue weighted by Gasteiger charge is 2.11. The van der Waals surface area contributed by atoms with E-state index >= 15 is 0 Å². The largest absolute Gasteiger partial charge is 0.322 e. The number of benzene rings is 1. The maximum atomic E-state index is 13.3. The fourth-order valence-corrected chi connectivity index (χ4v) is 2.49. The average Bonchev–Trinajstić information content (AvgIpc) is 2.78. The Morgan fingerprint density at radius 2 is 2.15 bits per heavy atom. The van der Waals surface area contributed by atoms with E-state index in [0.717, 1.165) is 22.5 Å². The van der Waals surface area contributed by atoms with Crippen LogP contribution in [-0.4, -0.2) is 14.5 Å². The lowest BCUT2D eigenvalue weighted by Gasteiger charge is -2.10. The van der Waals surface area contributed by atoms with Crippen LogP contribution in [0, 0.1) is 12.7 Å². The molecule has 1 aromatic carbocycles. The van der Waals surface area contributed by atoms with Gasteiger partial charge in [-0.05, 0) is 36.2 Å². The van der Waals surface area contributed by atoms with Crippen molar-refractivity contribution in [2.24, 2.45) is 0 Å². The second-order valence-electron chi connectivity index (χ2n) is 4.68. The average molecular weight is 290 g/mol. The van der Waals surface area contributed by atoms with E-state index in [0.29, 0.717) is 17.9 Å². The number of pyridine rings is 1. The van der Waals surface area contributed by atoms with Gasteiger partial charge in [0, 0.05) is 25.0 Å². The van der Waals surface area contributed by atoms with Crippen LogP contribution in [0.1, 0.15) is 17.0 Å². The second kappa shape index (κ2) is 5.21. The SMILES string of the molecule is Cc1cnccc1Cn1c(CCl)nc2cc(F)ccc21. The van der Waals surface area contributed by atoms with Crippen LogP contribution in [-0.2, 0) is 12.4 Å². The Morgan fingerprint density at radius 3 is 2.90 bits per heavy atom. The number of halogens is 2. The van der Waals surface area contributed by atoms with Crippen LogP contribution in [0.2, 0.25) is 0 Å². The van der Waals surface area contributed by atoms with Crippen LogP contribution >= 0.6 is 11.6 Å². The van der Waals surface area contributed by atoms with Crippen molar-refractivity contribution in [3.8, 4) is 0 Å². The van der Waals surface area contributed by atoms with Gasteiger partial charge < -0.3 is 4.57 Å². The highest BCUT2D eigenvalue weighted by atomic mass is 35.5. The van der Waals surface area contributed by atoms with Crippen LogP contribution in [0.15, 0.2) is 36.7 Å². The predicted octanol–water partition coefficient (Wildman–Crippen LogP) is 3.67. The molecule has 0 bridgehead atoms. The lowest BCUT2D eigenvalue weighted by molar-refractivity contribution is 0.629. The van der Waals surface area contributed by atoms with Gasteiger partial charge in [-0.1, -0.05) is 0 Å². The first kappa shape index (κ1) is 13.1. The van der Waals surface area contributed by atoms with Crippen LogP contribution in [0.4, 0.5) is 4.39 Å². The molecule has 0 aliphatic rings. The first-order chi connectivity index (χ1) is 9.69. The Hall–Kier alpha value is -1.94. The molecule has 102 valence electrons. The number of fused-ring (bicyclic) bond motifs is 1. The molecule has 0 aliphatic carbocycles. The van der Waals surface area contributed by atoms with E-state index in [9.17, 15) is 4.39 Å². The number of aryl methyl sites for hydroxylation is 1. The number of hydrogen-bond donors (Lipinski definition) is 0. The Bertz CT molecular complexity index is 767. The van der Waals surface area contributed by atoms with Crippen molar-refractivity contribution in [1.29, 1.82) is 0 Å². The monoisotopic (exact) mass is 289 g/mol. The molecule has 0 aliphatic heterocycles. The molecule has 3 aromatic rings. The van der Waals surface area contributed by atoms with Crippen molar-refractivity contribution in [1.82, 2.24) is 14.5 Å². The molecule has 0 saturated carbocycles. The highest BCUT2D eigenvalue weighted by molar-refractivity contribution is 6.16. The second-order valence-corrected chi connectivity index (χ2v) is 4.95. The number of alkyl halides is 1. The third-order valence-corrected chi connectivity index (χ3v) is 3.61. The minimum Gasteiger partial charge on any atom is -0.322 e. The normalized spacial score (nSPS) is 11.2. The molecule has 0 saturated heterocycles. The predicted molar refractivity (Wildman–Crippen MR) is 77.3 cm³/mol. The maximum Gasteiger partial charge on any atom is 0.125 e. The van der Waals surface area contributed by atoms with Gasteiger partial charge in [0.15, 0.2) is 0 Å². The third-order valence-electron chi connectivity index (χ3n) is 3.37. The molecule has 5 heteroatoms. The molecule has 0 atom stereocenters. The lowest BCUT2D eigenvalue weighted by Crippen LogP contribution is -2.05. The summed E-state index contributed by atoms with van der Waals surface area (Å²) in [6.07, 6.45) is 3.59. The molecular weight excluding hydrogens is 277 g/mol. The Morgan fingerprint density at radius 1 is 1.30 bits per heavy atom. The first-order valence-electron chi connectivity index (χ1n) is 6.29. The van der Waals surface area contributed by atoms with Gasteiger partial charge in [-0.25, -0.2) is 9.37 Å². The molecule has 20 heavy (non-hydrogen) atoms. The van der Waals surface area contributed by atoms with Crippen LogP contribution in [0.25, 0.3) is 11.0 Å². The van der Waals surface area contributed by atoms with E-state index in [2.05, 4.69) is 9.97 Å². The number of hydrogen-bond acceptors (Lipinski definition) is 2. The minimum absolute atomic E-state index is 0.289. The van der Waals surface area contributed by atoms with Crippen molar-refractivity contribution in [2.45, 2.75) is 19.3 Å². The van der Waals surface area contributed by atoms with Gasteiger partial charge in [0.05, 0.1) is 16.9 Å². The summed E-state index contributed by atoms with van der Waals surface area (Å²) in [6, 6.07) is 6.59. The van der Waals surface area contributed by atoms with Crippen LogP contribution < -0.4 is 0 Å². The molecule has 3 nitrogen and oxygen atoms in total. The van der Waals surface area contributed by atoms with E-state index < -0.39 is 0 Å². The van der Waals surface area contributed by atoms with E-state index in [-0.39, 0.29) is 5.82 Å². The zero-order valence-electron chi connectivity index (χ0n) is 11.0. The number of rotatable bonds is 3. The van der Waals surface area contributed by atoms with Crippen LogP contribution in [0.3, 0.4) is 0 Å². The van der Waals surface area contributed by atoms with Crippen molar-refractivity contribution in [3.05, 3.63) is 59.4 Å². The maximum absolute atomic E-state index is 13.3. The molecule has 2 heterocycles. The van der Waals surface area contributed by atoms with Crippen molar-refractivity contribution >= 4 is 22.6 Å². The quantitative estimate of drug-likeness (QED) is 0.689.